The predicted molar refractivity (Wildman–Crippen MR) is 96.2 cm³/mol. The first-order valence-electron chi connectivity index (χ1n) is 7.45. The van der Waals surface area contributed by atoms with Gasteiger partial charge in [-0.15, -0.1) is 0 Å². The van der Waals surface area contributed by atoms with E-state index in [0.29, 0.717) is 0 Å². The first-order chi connectivity index (χ1) is 11.7. The van der Waals surface area contributed by atoms with Crippen LogP contribution in [0.1, 0.15) is 5.56 Å². The highest BCUT2D eigenvalue weighted by molar-refractivity contribution is 7.94. The van der Waals surface area contributed by atoms with Crippen LogP contribution in [0.5, 0.6) is 0 Å². The Morgan fingerprint density at radius 1 is 0.958 bits per heavy atom. The van der Waals surface area contributed by atoms with Gasteiger partial charge in [0.2, 0.25) is 0 Å². The average molecular weight is 339 g/mol. The first kappa shape index (κ1) is 16.5. The largest absolute Gasteiger partial charge is 0.284 e. The standard InChI is InChI=1S/C19H17NO3S/c1-14-4-3-5-17(12-14)20-13-16(8-11-19(20)21)15-6-9-18(10-7-15)24-23-22-2/h3-13H,1-2H3. The minimum atomic E-state index is -0.0509. The van der Waals surface area contributed by atoms with Crippen LogP contribution in [0.25, 0.3) is 16.8 Å². The third kappa shape index (κ3) is 3.76. The molecule has 3 rings (SSSR count). The molecule has 0 saturated carbocycles. The van der Waals surface area contributed by atoms with Crippen molar-refractivity contribution < 1.29 is 9.22 Å². The van der Waals surface area contributed by atoms with Crippen LogP contribution in [0, 0.1) is 6.92 Å². The minimum absolute atomic E-state index is 0.0509. The smallest absolute Gasteiger partial charge is 0.255 e. The molecule has 24 heavy (non-hydrogen) atoms. The highest BCUT2D eigenvalue weighted by Crippen LogP contribution is 2.24. The van der Waals surface area contributed by atoms with E-state index >= 15 is 0 Å². The lowest BCUT2D eigenvalue weighted by Crippen LogP contribution is -2.16. The summed E-state index contributed by atoms with van der Waals surface area (Å²) in [6.45, 7) is 2.01. The van der Waals surface area contributed by atoms with Crippen molar-refractivity contribution in [1.29, 1.82) is 0 Å². The fourth-order valence-electron chi connectivity index (χ4n) is 2.41. The topological polar surface area (TPSA) is 40.5 Å². The van der Waals surface area contributed by atoms with Gasteiger partial charge in [0.25, 0.3) is 5.56 Å². The van der Waals surface area contributed by atoms with E-state index in [-0.39, 0.29) is 5.56 Å². The van der Waals surface area contributed by atoms with E-state index in [2.05, 4.69) is 4.89 Å². The zero-order valence-corrected chi connectivity index (χ0v) is 14.2. The van der Waals surface area contributed by atoms with Crippen LogP contribution in [0.15, 0.2) is 76.6 Å². The van der Waals surface area contributed by atoms with Crippen molar-refractivity contribution >= 4 is 12.0 Å². The molecule has 0 atom stereocenters. The Morgan fingerprint density at radius 3 is 2.42 bits per heavy atom. The van der Waals surface area contributed by atoms with E-state index in [1.165, 1.54) is 7.11 Å². The van der Waals surface area contributed by atoms with Gasteiger partial charge in [-0.25, -0.2) is 4.89 Å². The lowest BCUT2D eigenvalue weighted by molar-refractivity contribution is -0.160. The molecule has 0 aliphatic carbocycles. The quantitative estimate of drug-likeness (QED) is 0.392. The van der Waals surface area contributed by atoms with Crippen molar-refractivity contribution in [1.82, 2.24) is 4.57 Å². The molecule has 3 aromatic rings. The van der Waals surface area contributed by atoms with Gasteiger partial charge in [0.1, 0.15) is 0 Å². The average Bonchev–Trinajstić information content (AvgIpc) is 2.61. The second-order valence-electron chi connectivity index (χ2n) is 5.31. The van der Waals surface area contributed by atoms with E-state index in [9.17, 15) is 4.79 Å². The molecule has 4 nitrogen and oxygen atoms in total. The molecular weight excluding hydrogens is 322 g/mol. The minimum Gasteiger partial charge on any atom is -0.284 e. The fraction of sp³-hybridized carbons (Fsp3) is 0.105. The summed E-state index contributed by atoms with van der Waals surface area (Å²) >= 11 is 1.15. The van der Waals surface area contributed by atoms with Crippen LogP contribution in [0.4, 0.5) is 0 Å². The zero-order valence-electron chi connectivity index (χ0n) is 13.4. The van der Waals surface area contributed by atoms with Gasteiger partial charge in [-0.3, -0.25) is 9.36 Å². The maximum Gasteiger partial charge on any atom is 0.255 e. The van der Waals surface area contributed by atoms with E-state index in [4.69, 9.17) is 4.33 Å². The van der Waals surface area contributed by atoms with Gasteiger partial charge in [-0.05, 0) is 53.9 Å². The summed E-state index contributed by atoms with van der Waals surface area (Å²) < 4.78 is 6.51. The SMILES string of the molecule is COOSc1ccc(-c2ccc(=O)n(-c3cccc(C)c3)c2)cc1. The second-order valence-corrected chi connectivity index (χ2v) is 6.08. The van der Waals surface area contributed by atoms with Crippen molar-refractivity contribution in [2.45, 2.75) is 11.8 Å². The molecule has 0 fully saturated rings. The van der Waals surface area contributed by atoms with Crippen LogP contribution in [0.2, 0.25) is 0 Å². The Morgan fingerprint density at radius 2 is 1.71 bits per heavy atom. The highest BCUT2D eigenvalue weighted by Gasteiger charge is 2.05. The summed E-state index contributed by atoms with van der Waals surface area (Å²) in [5.41, 5.74) is 3.93. The number of nitrogens with zero attached hydrogens (tertiary/aromatic N) is 1. The van der Waals surface area contributed by atoms with Crippen LogP contribution in [0.3, 0.4) is 0 Å². The van der Waals surface area contributed by atoms with E-state index in [0.717, 1.165) is 39.3 Å². The molecule has 1 heterocycles. The third-order valence-corrected chi connectivity index (χ3v) is 4.25. The number of aromatic nitrogens is 1. The Hall–Kier alpha value is -2.34. The summed E-state index contributed by atoms with van der Waals surface area (Å²) in [5.74, 6) is 0. The lowest BCUT2D eigenvalue weighted by Gasteiger charge is -2.09. The molecule has 0 aliphatic heterocycles. The lowest BCUT2D eigenvalue weighted by atomic mass is 10.1. The molecule has 122 valence electrons. The zero-order chi connectivity index (χ0) is 16.9. The Bertz CT molecular complexity index is 888. The summed E-state index contributed by atoms with van der Waals surface area (Å²) in [5, 5.41) is 0. The Kier molecular flexibility index (Phi) is 5.15. The van der Waals surface area contributed by atoms with Gasteiger partial charge in [0, 0.05) is 22.8 Å². The Labute approximate surface area is 144 Å². The summed E-state index contributed by atoms with van der Waals surface area (Å²) in [4.78, 5) is 17.7. The maximum absolute atomic E-state index is 12.2. The van der Waals surface area contributed by atoms with Gasteiger partial charge in [-0.1, -0.05) is 24.3 Å². The van der Waals surface area contributed by atoms with Gasteiger partial charge in [0.15, 0.2) is 0 Å². The summed E-state index contributed by atoms with van der Waals surface area (Å²) in [6, 6.07) is 19.2. The van der Waals surface area contributed by atoms with Gasteiger partial charge >= 0.3 is 0 Å². The van der Waals surface area contributed by atoms with E-state index < -0.39 is 0 Å². The molecule has 0 bridgehead atoms. The molecule has 0 spiro atoms. The number of benzene rings is 2. The van der Waals surface area contributed by atoms with E-state index in [1.807, 2.05) is 67.7 Å². The maximum atomic E-state index is 12.2. The van der Waals surface area contributed by atoms with Crippen LogP contribution in [-0.2, 0) is 9.22 Å². The molecule has 0 N–H and O–H groups in total. The van der Waals surface area contributed by atoms with Crippen molar-refractivity contribution in [2.75, 3.05) is 7.11 Å². The third-order valence-electron chi connectivity index (χ3n) is 3.58. The van der Waals surface area contributed by atoms with Gasteiger partial charge in [-0.2, -0.15) is 4.33 Å². The number of pyridine rings is 1. The molecule has 1 aromatic heterocycles. The van der Waals surface area contributed by atoms with E-state index in [1.54, 1.807) is 10.6 Å². The molecule has 0 radical (unpaired) electrons. The predicted octanol–water partition coefficient (Wildman–Crippen LogP) is 4.40. The molecular formula is C19H17NO3S. The number of hydrogen-bond donors (Lipinski definition) is 0. The second kappa shape index (κ2) is 7.49. The normalized spacial score (nSPS) is 10.8. The summed E-state index contributed by atoms with van der Waals surface area (Å²) in [7, 11) is 1.47. The number of rotatable bonds is 5. The molecule has 0 unspecified atom stereocenters. The Balaban J connectivity index is 1.95. The van der Waals surface area contributed by atoms with Crippen LogP contribution >= 0.6 is 12.0 Å². The number of aryl methyl sites for hydroxylation is 1. The summed E-state index contributed by atoms with van der Waals surface area (Å²) in [6.07, 6.45) is 1.87. The first-order valence-corrected chi connectivity index (χ1v) is 8.19. The van der Waals surface area contributed by atoms with Crippen molar-refractivity contribution in [2.24, 2.45) is 0 Å². The van der Waals surface area contributed by atoms with Crippen molar-refractivity contribution in [3.05, 3.63) is 82.8 Å². The van der Waals surface area contributed by atoms with Crippen LogP contribution in [-0.4, -0.2) is 11.7 Å². The van der Waals surface area contributed by atoms with Crippen molar-refractivity contribution in [3.8, 4) is 16.8 Å². The van der Waals surface area contributed by atoms with Gasteiger partial charge in [0.05, 0.1) is 19.2 Å². The molecule has 0 aliphatic rings. The van der Waals surface area contributed by atoms with Crippen LogP contribution < -0.4 is 5.56 Å². The fourth-order valence-corrected chi connectivity index (χ4v) is 2.81. The molecule has 5 heteroatoms. The highest BCUT2D eigenvalue weighted by atomic mass is 32.2. The monoisotopic (exact) mass is 339 g/mol. The molecule has 2 aromatic carbocycles. The molecule has 0 amide bonds. The number of hydrogen-bond acceptors (Lipinski definition) is 4. The molecule has 0 saturated heterocycles. The van der Waals surface area contributed by atoms with Crippen molar-refractivity contribution in [3.63, 3.8) is 0 Å². The van der Waals surface area contributed by atoms with Gasteiger partial charge < -0.3 is 0 Å².